The zero-order chi connectivity index (χ0) is 19.7. The molecule has 2 amide bonds. The number of aromatic nitrogens is 2. The van der Waals surface area contributed by atoms with Crippen LogP contribution in [0.5, 0.6) is 11.5 Å². The molecule has 0 unspecified atom stereocenters. The van der Waals surface area contributed by atoms with Crippen molar-refractivity contribution < 1.29 is 23.5 Å². The molecule has 142 valence electrons. The van der Waals surface area contributed by atoms with Gasteiger partial charge in [0, 0.05) is 18.0 Å². The van der Waals surface area contributed by atoms with Crippen molar-refractivity contribution in [3.05, 3.63) is 65.2 Å². The molecule has 1 aromatic heterocycles. The minimum absolute atomic E-state index is 0.0128. The summed E-state index contributed by atoms with van der Waals surface area (Å²) in [6.45, 7) is 0.127. The minimum Gasteiger partial charge on any atom is -0.454 e. The average molecular weight is 403 g/mol. The van der Waals surface area contributed by atoms with Gasteiger partial charge in [0.25, 0.3) is 5.91 Å². The lowest BCUT2D eigenvalue weighted by atomic mass is 10.3. The highest BCUT2D eigenvalue weighted by Gasteiger charge is 2.17. The molecule has 0 bridgehead atoms. The molecule has 0 aliphatic carbocycles. The number of anilines is 2. The van der Waals surface area contributed by atoms with E-state index in [2.05, 4.69) is 15.7 Å². The number of fused-ring (bicyclic) bond motifs is 1. The first-order valence-electron chi connectivity index (χ1n) is 8.03. The quantitative estimate of drug-likeness (QED) is 0.696. The van der Waals surface area contributed by atoms with Gasteiger partial charge in [0.2, 0.25) is 6.79 Å². The van der Waals surface area contributed by atoms with Crippen LogP contribution in [-0.4, -0.2) is 28.5 Å². The van der Waals surface area contributed by atoms with E-state index in [9.17, 15) is 14.0 Å². The number of carbonyl (C=O) groups excluding carboxylic acids is 2. The van der Waals surface area contributed by atoms with Gasteiger partial charge in [-0.05, 0) is 36.4 Å². The molecule has 0 spiro atoms. The maximum Gasteiger partial charge on any atom is 0.346 e. The summed E-state index contributed by atoms with van der Waals surface area (Å²) in [6, 6.07) is 9.32. The summed E-state index contributed by atoms with van der Waals surface area (Å²) in [7, 11) is 0. The molecule has 0 saturated carbocycles. The molecule has 4 rings (SSSR count). The maximum atomic E-state index is 13.1. The van der Waals surface area contributed by atoms with E-state index in [1.54, 1.807) is 18.2 Å². The molecule has 1 aliphatic rings. The summed E-state index contributed by atoms with van der Waals surface area (Å²) in [5.74, 6) is 0.000566. The smallest absolute Gasteiger partial charge is 0.346 e. The van der Waals surface area contributed by atoms with Gasteiger partial charge in [-0.2, -0.15) is 9.78 Å². The van der Waals surface area contributed by atoms with E-state index in [1.807, 2.05) is 0 Å². The number of amides is 2. The van der Waals surface area contributed by atoms with Gasteiger partial charge < -0.3 is 20.1 Å². The van der Waals surface area contributed by atoms with Crippen molar-refractivity contribution in [2.75, 3.05) is 17.4 Å². The van der Waals surface area contributed by atoms with Crippen molar-refractivity contribution in [1.82, 2.24) is 9.78 Å². The Morgan fingerprint density at radius 1 is 1.07 bits per heavy atom. The van der Waals surface area contributed by atoms with E-state index in [0.717, 1.165) is 10.7 Å². The van der Waals surface area contributed by atoms with E-state index in [0.29, 0.717) is 17.2 Å². The molecule has 2 aromatic carbocycles. The summed E-state index contributed by atoms with van der Waals surface area (Å²) < 4.78 is 24.5. The van der Waals surface area contributed by atoms with Gasteiger partial charge >= 0.3 is 6.03 Å². The van der Waals surface area contributed by atoms with E-state index >= 15 is 0 Å². The molecule has 1 aliphatic heterocycles. The maximum absolute atomic E-state index is 13.1. The summed E-state index contributed by atoms with van der Waals surface area (Å²) >= 11 is 5.88. The first-order valence-corrected chi connectivity index (χ1v) is 8.40. The SMILES string of the molecule is O=C(Nc1ccc(F)cc1Cl)c1ccn(C(=O)Nc2ccc3c(c2)OCO3)n1. The number of rotatable bonds is 3. The second-order valence-corrected chi connectivity index (χ2v) is 6.13. The van der Waals surface area contributed by atoms with Crippen LogP contribution in [-0.2, 0) is 0 Å². The third-order valence-electron chi connectivity index (χ3n) is 3.83. The Balaban J connectivity index is 1.44. The third kappa shape index (κ3) is 3.60. The fourth-order valence-electron chi connectivity index (χ4n) is 2.49. The third-order valence-corrected chi connectivity index (χ3v) is 4.15. The molecule has 8 nitrogen and oxygen atoms in total. The van der Waals surface area contributed by atoms with E-state index in [1.165, 1.54) is 24.4 Å². The fourth-order valence-corrected chi connectivity index (χ4v) is 2.70. The van der Waals surface area contributed by atoms with Crippen LogP contribution in [0, 0.1) is 5.82 Å². The second kappa shape index (κ2) is 7.20. The second-order valence-electron chi connectivity index (χ2n) is 5.72. The van der Waals surface area contributed by atoms with Crippen LogP contribution in [0.25, 0.3) is 0 Å². The highest BCUT2D eigenvalue weighted by Crippen LogP contribution is 2.34. The first-order chi connectivity index (χ1) is 13.5. The van der Waals surface area contributed by atoms with Gasteiger partial charge in [-0.25, -0.2) is 9.18 Å². The van der Waals surface area contributed by atoms with Crippen molar-refractivity contribution in [3.8, 4) is 11.5 Å². The van der Waals surface area contributed by atoms with Crippen molar-refractivity contribution in [2.45, 2.75) is 0 Å². The zero-order valence-corrected chi connectivity index (χ0v) is 14.9. The Hall–Kier alpha value is -3.59. The Labute approximate surface area is 162 Å². The Morgan fingerprint density at radius 3 is 2.71 bits per heavy atom. The van der Waals surface area contributed by atoms with Crippen LogP contribution >= 0.6 is 11.6 Å². The first kappa shape index (κ1) is 17.8. The molecule has 2 N–H and O–H groups in total. The molecular weight excluding hydrogens is 391 g/mol. The van der Waals surface area contributed by atoms with Gasteiger partial charge in [-0.1, -0.05) is 11.6 Å². The van der Waals surface area contributed by atoms with Crippen LogP contribution in [0.1, 0.15) is 10.5 Å². The number of benzene rings is 2. The lowest BCUT2D eigenvalue weighted by Gasteiger charge is -2.06. The van der Waals surface area contributed by atoms with Crippen LogP contribution in [0.3, 0.4) is 0 Å². The van der Waals surface area contributed by atoms with Crippen LogP contribution in [0.15, 0.2) is 48.7 Å². The Kier molecular flexibility index (Phi) is 4.58. The lowest BCUT2D eigenvalue weighted by Crippen LogP contribution is -2.21. The number of nitrogens with one attached hydrogen (secondary N) is 2. The molecule has 0 saturated heterocycles. The van der Waals surface area contributed by atoms with Gasteiger partial charge in [0.1, 0.15) is 5.82 Å². The predicted molar refractivity (Wildman–Crippen MR) is 98.6 cm³/mol. The summed E-state index contributed by atoms with van der Waals surface area (Å²) in [6.07, 6.45) is 1.34. The van der Waals surface area contributed by atoms with E-state index < -0.39 is 17.8 Å². The van der Waals surface area contributed by atoms with Crippen molar-refractivity contribution in [3.63, 3.8) is 0 Å². The van der Waals surface area contributed by atoms with Gasteiger partial charge in [-0.3, -0.25) is 4.79 Å². The number of ether oxygens (including phenoxy) is 2. The molecule has 0 radical (unpaired) electrons. The number of hydrogen-bond acceptors (Lipinski definition) is 5. The summed E-state index contributed by atoms with van der Waals surface area (Å²) in [5.41, 5.74) is 0.697. The predicted octanol–water partition coefficient (Wildman–Crippen LogP) is 3.74. The molecule has 0 atom stereocenters. The van der Waals surface area contributed by atoms with E-state index in [4.69, 9.17) is 21.1 Å². The monoisotopic (exact) mass is 402 g/mol. The molecule has 28 heavy (non-hydrogen) atoms. The largest absolute Gasteiger partial charge is 0.454 e. The standard InChI is InChI=1S/C18H12ClFN4O4/c19-12-7-10(20)1-3-13(12)22-17(25)14-5-6-24(23-14)18(26)21-11-2-4-15-16(8-11)28-9-27-15/h1-8H,9H2,(H,21,26)(H,22,25). The normalized spacial score (nSPS) is 11.9. The van der Waals surface area contributed by atoms with Crippen LogP contribution in [0.4, 0.5) is 20.6 Å². The topological polar surface area (TPSA) is 94.5 Å². The molecule has 2 heterocycles. The molecular formula is C18H12ClFN4O4. The highest BCUT2D eigenvalue weighted by atomic mass is 35.5. The van der Waals surface area contributed by atoms with E-state index in [-0.39, 0.29) is 23.2 Å². The Morgan fingerprint density at radius 2 is 1.89 bits per heavy atom. The summed E-state index contributed by atoms with van der Waals surface area (Å²) in [4.78, 5) is 24.6. The number of hydrogen-bond donors (Lipinski definition) is 2. The number of halogens is 2. The minimum atomic E-state index is -0.594. The van der Waals surface area contributed by atoms with Crippen molar-refractivity contribution >= 4 is 34.9 Å². The van der Waals surface area contributed by atoms with Gasteiger partial charge in [0.05, 0.1) is 10.7 Å². The number of nitrogens with zero attached hydrogens (tertiary/aromatic N) is 2. The van der Waals surface area contributed by atoms with Gasteiger partial charge in [-0.15, -0.1) is 0 Å². The zero-order valence-electron chi connectivity index (χ0n) is 14.1. The van der Waals surface area contributed by atoms with Crippen molar-refractivity contribution in [1.29, 1.82) is 0 Å². The average Bonchev–Trinajstić information content (AvgIpc) is 3.33. The summed E-state index contributed by atoms with van der Waals surface area (Å²) in [5, 5.41) is 9.14. The number of carbonyl (C=O) groups is 2. The fraction of sp³-hybridized carbons (Fsp3) is 0.0556. The van der Waals surface area contributed by atoms with Crippen LogP contribution in [0.2, 0.25) is 5.02 Å². The highest BCUT2D eigenvalue weighted by molar-refractivity contribution is 6.33. The molecule has 10 heteroatoms. The van der Waals surface area contributed by atoms with Crippen LogP contribution < -0.4 is 20.1 Å². The lowest BCUT2D eigenvalue weighted by molar-refractivity contribution is 0.102. The molecule has 3 aromatic rings. The molecule has 0 fully saturated rings. The van der Waals surface area contributed by atoms with Crippen molar-refractivity contribution in [2.24, 2.45) is 0 Å². The van der Waals surface area contributed by atoms with Gasteiger partial charge in [0.15, 0.2) is 17.2 Å². The Bertz CT molecular complexity index is 1090.